The highest BCUT2D eigenvalue weighted by Gasteiger charge is 2.39. The van der Waals surface area contributed by atoms with Crippen LogP contribution in [0.5, 0.6) is 0 Å². The molecule has 1 aromatic rings. The zero-order valence-electron chi connectivity index (χ0n) is 11.5. The number of hydrogen-bond donors (Lipinski definition) is 2. The normalized spacial score (nSPS) is 19.4. The predicted octanol–water partition coefficient (Wildman–Crippen LogP) is 1.08. The lowest BCUT2D eigenvalue weighted by atomic mass is 9.91. The molecule has 0 saturated heterocycles. The van der Waals surface area contributed by atoms with Crippen LogP contribution < -0.4 is 10.5 Å². The Labute approximate surface area is 124 Å². The number of thiocarbonyl (C=S) groups is 1. The first-order valence-corrected chi connectivity index (χ1v) is 8.58. The quantitative estimate of drug-likeness (QED) is 0.641. The topological polar surface area (TPSA) is 90.0 Å². The molecule has 0 spiro atoms. The van der Waals surface area contributed by atoms with Crippen molar-refractivity contribution in [2.75, 3.05) is 0 Å². The molecule has 1 aromatic heterocycles. The fourth-order valence-corrected chi connectivity index (χ4v) is 4.55. The summed E-state index contributed by atoms with van der Waals surface area (Å²) in [6.07, 6.45) is 6.76. The third kappa shape index (κ3) is 3.02. The van der Waals surface area contributed by atoms with E-state index in [1.165, 1.54) is 16.9 Å². The monoisotopic (exact) mass is 316 g/mol. The summed E-state index contributed by atoms with van der Waals surface area (Å²) in [6.45, 7) is 0. The van der Waals surface area contributed by atoms with Crippen LogP contribution in [0, 0.1) is 0 Å². The molecule has 20 heavy (non-hydrogen) atoms. The average molecular weight is 316 g/mol. The molecule has 1 saturated carbocycles. The number of aryl methyl sites for hydroxylation is 1. The van der Waals surface area contributed by atoms with Crippen molar-refractivity contribution in [1.82, 2.24) is 14.5 Å². The van der Waals surface area contributed by atoms with E-state index < -0.39 is 15.6 Å². The molecule has 1 fully saturated rings. The molecule has 8 heteroatoms. The van der Waals surface area contributed by atoms with Crippen LogP contribution in [0.25, 0.3) is 0 Å². The van der Waals surface area contributed by atoms with Crippen LogP contribution in [0.3, 0.4) is 0 Å². The van der Waals surface area contributed by atoms with Crippen molar-refractivity contribution >= 4 is 27.2 Å². The van der Waals surface area contributed by atoms with Crippen molar-refractivity contribution in [3.8, 4) is 0 Å². The maximum atomic E-state index is 12.5. The number of aromatic nitrogens is 2. The fourth-order valence-electron chi connectivity index (χ4n) is 2.67. The molecule has 0 aliphatic heterocycles. The van der Waals surface area contributed by atoms with Gasteiger partial charge in [-0.3, -0.25) is 4.68 Å². The predicted molar refractivity (Wildman–Crippen MR) is 80.7 cm³/mol. The largest absolute Gasteiger partial charge is 0.392 e. The Morgan fingerprint density at radius 3 is 2.45 bits per heavy atom. The molecule has 0 unspecified atom stereocenters. The van der Waals surface area contributed by atoms with Crippen LogP contribution in [0.1, 0.15) is 38.5 Å². The minimum Gasteiger partial charge on any atom is -0.392 e. The summed E-state index contributed by atoms with van der Waals surface area (Å²) in [5, 5.41) is 4.02. The van der Waals surface area contributed by atoms with Crippen LogP contribution in [-0.4, -0.2) is 28.7 Å². The van der Waals surface area contributed by atoms with Crippen LogP contribution in [0.15, 0.2) is 17.3 Å². The standard InChI is InChI=1S/C12H20N4O2S2/c1-16-10(6-9-14-16)20(17,18)15-12(11(13)19)7-4-2-3-5-8-12/h6,9,15H,2-5,7-8H2,1H3,(H2,13,19). The van der Waals surface area contributed by atoms with Gasteiger partial charge in [0.05, 0.1) is 16.7 Å². The van der Waals surface area contributed by atoms with Gasteiger partial charge in [0.2, 0.25) is 0 Å². The lowest BCUT2D eigenvalue weighted by Crippen LogP contribution is -2.56. The van der Waals surface area contributed by atoms with Gasteiger partial charge in [0.15, 0.2) is 5.03 Å². The van der Waals surface area contributed by atoms with Gasteiger partial charge in [0, 0.05) is 7.05 Å². The van der Waals surface area contributed by atoms with E-state index in [0.29, 0.717) is 12.8 Å². The molecule has 0 bridgehead atoms. The van der Waals surface area contributed by atoms with E-state index in [4.69, 9.17) is 18.0 Å². The summed E-state index contributed by atoms with van der Waals surface area (Å²) in [5.41, 5.74) is 5.04. The fraction of sp³-hybridized carbons (Fsp3) is 0.667. The lowest BCUT2D eigenvalue weighted by molar-refractivity contribution is 0.438. The summed E-state index contributed by atoms with van der Waals surface area (Å²) in [7, 11) is -2.09. The Balaban J connectivity index is 2.33. The zero-order chi connectivity index (χ0) is 14.8. The summed E-state index contributed by atoms with van der Waals surface area (Å²) in [5.74, 6) is 0. The van der Waals surface area contributed by atoms with Crippen LogP contribution in [-0.2, 0) is 17.1 Å². The number of sulfonamides is 1. The van der Waals surface area contributed by atoms with Gasteiger partial charge in [-0.05, 0) is 18.9 Å². The second-order valence-electron chi connectivity index (χ2n) is 5.26. The number of nitrogens with zero attached hydrogens (tertiary/aromatic N) is 2. The van der Waals surface area contributed by atoms with Gasteiger partial charge in [-0.1, -0.05) is 37.9 Å². The maximum absolute atomic E-state index is 12.5. The molecule has 1 aliphatic rings. The van der Waals surface area contributed by atoms with Gasteiger partial charge in [-0.15, -0.1) is 0 Å². The first-order valence-electron chi connectivity index (χ1n) is 6.69. The van der Waals surface area contributed by atoms with E-state index in [9.17, 15) is 8.42 Å². The maximum Gasteiger partial charge on any atom is 0.258 e. The Morgan fingerprint density at radius 1 is 1.40 bits per heavy atom. The molecule has 6 nitrogen and oxygen atoms in total. The summed E-state index contributed by atoms with van der Waals surface area (Å²) in [4.78, 5) is 0.227. The molecule has 0 radical (unpaired) electrons. The number of nitrogens with one attached hydrogen (secondary N) is 1. The Morgan fingerprint density at radius 2 is 2.00 bits per heavy atom. The van der Waals surface area contributed by atoms with Crippen molar-refractivity contribution in [3.05, 3.63) is 12.3 Å². The molecule has 0 atom stereocenters. The van der Waals surface area contributed by atoms with E-state index >= 15 is 0 Å². The van der Waals surface area contributed by atoms with E-state index in [2.05, 4.69) is 9.82 Å². The van der Waals surface area contributed by atoms with Gasteiger partial charge >= 0.3 is 0 Å². The summed E-state index contributed by atoms with van der Waals surface area (Å²) >= 11 is 5.15. The third-order valence-corrected chi connectivity index (χ3v) is 5.81. The first-order chi connectivity index (χ1) is 9.37. The molecule has 0 aromatic carbocycles. The van der Waals surface area contributed by atoms with Crippen LogP contribution in [0.4, 0.5) is 0 Å². The van der Waals surface area contributed by atoms with Gasteiger partial charge in [-0.25, -0.2) is 8.42 Å². The van der Waals surface area contributed by atoms with Crippen molar-refractivity contribution < 1.29 is 8.42 Å². The molecule has 3 N–H and O–H groups in total. The van der Waals surface area contributed by atoms with Gasteiger partial charge in [0.1, 0.15) is 0 Å². The highest BCUT2D eigenvalue weighted by atomic mass is 32.2. The summed E-state index contributed by atoms with van der Waals surface area (Å²) < 4.78 is 29.1. The van der Waals surface area contributed by atoms with Crippen LogP contribution >= 0.6 is 12.2 Å². The van der Waals surface area contributed by atoms with Crippen molar-refractivity contribution in [1.29, 1.82) is 0 Å². The number of nitrogens with two attached hydrogens (primary N) is 1. The molecule has 2 rings (SSSR count). The highest BCUT2D eigenvalue weighted by molar-refractivity contribution is 7.89. The average Bonchev–Trinajstić information content (AvgIpc) is 2.66. The van der Waals surface area contributed by atoms with E-state index in [1.54, 1.807) is 7.05 Å². The zero-order valence-corrected chi connectivity index (χ0v) is 13.1. The lowest BCUT2D eigenvalue weighted by Gasteiger charge is -2.32. The SMILES string of the molecule is Cn1nccc1S(=O)(=O)NC1(C(N)=S)CCCCCC1. The van der Waals surface area contributed by atoms with Crippen LogP contribution in [0.2, 0.25) is 0 Å². The molecule has 0 amide bonds. The molecular weight excluding hydrogens is 296 g/mol. The molecule has 1 aliphatic carbocycles. The van der Waals surface area contributed by atoms with Crippen molar-refractivity contribution in [2.45, 2.75) is 49.1 Å². The minimum absolute atomic E-state index is 0.123. The molecular formula is C12H20N4O2S2. The number of hydrogen-bond acceptors (Lipinski definition) is 4. The second-order valence-corrected chi connectivity index (χ2v) is 7.33. The van der Waals surface area contributed by atoms with Gasteiger partial charge in [0.25, 0.3) is 10.0 Å². The van der Waals surface area contributed by atoms with Gasteiger partial charge < -0.3 is 5.73 Å². The highest BCUT2D eigenvalue weighted by Crippen LogP contribution is 2.29. The van der Waals surface area contributed by atoms with E-state index in [-0.39, 0.29) is 10.0 Å². The Hall–Kier alpha value is -0.990. The Bertz CT molecular complexity index is 586. The third-order valence-electron chi connectivity index (χ3n) is 3.81. The van der Waals surface area contributed by atoms with Crippen molar-refractivity contribution in [2.24, 2.45) is 12.8 Å². The number of rotatable bonds is 4. The second kappa shape index (κ2) is 5.79. The smallest absolute Gasteiger partial charge is 0.258 e. The van der Waals surface area contributed by atoms with E-state index in [0.717, 1.165) is 25.7 Å². The Kier molecular flexibility index (Phi) is 4.46. The summed E-state index contributed by atoms with van der Waals surface area (Å²) in [6, 6.07) is 1.46. The van der Waals surface area contributed by atoms with Crippen molar-refractivity contribution in [3.63, 3.8) is 0 Å². The van der Waals surface area contributed by atoms with E-state index in [1.807, 2.05) is 0 Å². The minimum atomic E-state index is -3.68. The molecule has 1 heterocycles. The van der Waals surface area contributed by atoms with Gasteiger partial charge in [-0.2, -0.15) is 9.82 Å². The molecule has 112 valence electrons. The first kappa shape index (κ1) is 15.4.